The molecule has 3 rings (SSSR count). The van der Waals surface area contributed by atoms with E-state index in [2.05, 4.69) is 45.2 Å². The first-order chi connectivity index (χ1) is 12.1. The lowest BCUT2D eigenvalue weighted by Gasteiger charge is -2.26. The van der Waals surface area contributed by atoms with E-state index in [4.69, 9.17) is 0 Å². The van der Waals surface area contributed by atoms with Crippen LogP contribution in [0, 0.1) is 6.92 Å². The Balaban J connectivity index is 1.39. The normalized spacial score (nSPS) is 15.3. The van der Waals surface area contributed by atoms with E-state index in [9.17, 15) is 9.59 Å². The van der Waals surface area contributed by atoms with Crippen LogP contribution in [0.4, 0.5) is 0 Å². The molecular formula is C19H26N4O2. The van der Waals surface area contributed by atoms with Crippen LogP contribution in [0.3, 0.4) is 0 Å². The average Bonchev–Trinajstić information content (AvgIpc) is 2.92. The van der Waals surface area contributed by atoms with Gasteiger partial charge in [0.05, 0.1) is 6.54 Å². The van der Waals surface area contributed by atoms with Gasteiger partial charge in [-0.15, -0.1) is 0 Å². The molecule has 0 saturated carbocycles. The monoisotopic (exact) mass is 342 g/mol. The SMILES string of the molecule is Cc1cc2ccccc2n1CCC(=O)NCCCN1CCNC(=O)C1. The Labute approximate surface area is 148 Å². The van der Waals surface area contributed by atoms with Gasteiger partial charge in [0.1, 0.15) is 0 Å². The number of nitrogens with zero attached hydrogens (tertiary/aromatic N) is 2. The van der Waals surface area contributed by atoms with Crippen LogP contribution in [0.2, 0.25) is 0 Å². The molecule has 6 heteroatoms. The summed E-state index contributed by atoms with van der Waals surface area (Å²) in [6, 6.07) is 10.4. The second kappa shape index (κ2) is 8.16. The predicted octanol–water partition coefficient (Wildman–Crippen LogP) is 1.28. The van der Waals surface area contributed by atoms with Crippen molar-refractivity contribution in [2.24, 2.45) is 0 Å². The molecule has 6 nitrogen and oxygen atoms in total. The quantitative estimate of drug-likeness (QED) is 0.745. The topological polar surface area (TPSA) is 66.4 Å². The number of fused-ring (bicyclic) bond motifs is 1. The van der Waals surface area contributed by atoms with Gasteiger partial charge in [0.15, 0.2) is 0 Å². The van der Waals surface area contributed by atoms with Crippen molar-refractivity contribution in [3.8, 4) is 0 Å². The third kappa shape index (κ3) is 4.60. The number of aromatic nitrogens is 1. The number of hydrogen-bond acceptors (Lipinski definition) is 3. The van der Waals surface area contributed by atoms with Gasteiger partial charge in [-0.05, 0) is 30.9 Å². The van der Waals surface area contributed by atoms with Crippen LogP contribution >= 0.6 is 0 Å². The zero-order valence-corrected chi connectivity index (χ0v) is 14.8. The second-order valence-electron chi connectivity index (χ2n) is 6.58. The summed E-state index contributed by atoms with van der Waals surface area (Å²) in [5, 5.41) is 7.01. The fraction of sp³-hybridized carbons (Fsp3) is 0.474. The third-order valence-corrected chi connectivity index (χ3v) is 4.67. The Morgan fingerprint density at radius 3 is 2.96 bits per heavy atom. The lowest BCUT2D eigenvalue weighted by Crippen LogP contribution is -2.48. The number of nitrogens with one attached hydrogen (secondary N) is 2. The molecule has 2 amide bonds. The van der Waals surface area contributed by atoms with Crippen LogP contribution < -0.4 is 10.6 Å². The fourth-order valence-electron chi connectivity index (χ4n) is 3.36. The van der Waals surface area contributed by atoms with Crippen molar-refractivity contribution in [1.29, 1.82) is 0 Å². The molecule has 0 spiro atoms. The summed E-state index contributed by atoms with van der Waals surface area (Å²) >= 11 is 0. The minimum atomic E-state index is 0.0774. The van der Waals surface area contributed by atoms with E-state index in [-0.39, 0.29) is 11.8 Å². The Hall–Kier alpha value is -2.34. The van der Waals surface area contributed by atoms with E-state index in [0.29, 0.717) is 26.1 Å². The van der Waals surface area contributed by atoms with E-state index in [1.807, 2.05) is 12.1 Å². The molecule has 1 aromatic heterocycles. The molecule has 134 valence electrons. The second-order valence-corrected chi connectivity index (χ2v) is 6.58. The first-order valence-electron chi connectivity index (χ1n) is 8.94. The zero-order valence-electron chi connectivity index (χ0n) is 14.8. The molecule has 0 radical (unpaired) electrons. The highest BCUT2D eigenvalue weighted by Gasteiger charge is 2.15. The molecule has 2 aromatic rings. The molecule has 0 unspecified atom stereocenters. The minimum Gasteiger partial charge on any atom is -0.356 e. The Morgan fingerprint density at radius 1 is 1.28 bits per heavy atom. The first-order valence-corrected chi connectivity index (χ1v) is 8.94. The number of piperazine rings is 1. The van der Waals surface area contributed by atoms with Crippen molar-refractivity contribution in [3.05, 3.63) is 36.0 Å². The molecule has 2 heterocycles. The van der Waals surface area contributed by atoms with Gasteiger partial charge in [-0.25, -0.2) is 0 Å². The molecular weight excluding hydrogens is 316 g/mol. The maximum absolute atomic E-state index is 12.1. The number of hydrogen-bond donors (Lipinski definition) is 2. The summed E-state index contributed by atoms with van der Waals surface area (Å²) in [6.07, 6.45) is 1.34. The number of benzene rings is 1. The van der Waals surface area contributed by atoms with Gasteiger partial charge in [-0.2, -0.15) is 0 Å². The lowest BCUT2D eigenvalue weighted by molar-refractivity contribution is -0.124. The van der Waals surface area contributed by atoms with Crippen LogP contribution in [0.25, 0.3) is 10.9 Å². The number of rotatable bonds is 7. The number of aryl methyl sites for hydroxylation is 2. The van der Waals surface area contributed by atoms with Crippen molar-refractivity contribution >= 4 is 22.7 Å². The maximum atomic E-state index is 12.1. The third-order valence-electron chi connectivity index (χ3n) is 4.67. The van der Waals surface area contributed by atoms with Gasteiger partial charge >= 0.3 is 0 Å². The van der Waals surface area contributed by atoms with E-state index >= 15 is 0 Å². The van der Waals surface area contributed by atoms with Gasteiger partial charge in [-0.1, -0.05) is 18.2 Å². The summed E-state index contributed by atoms with van der Waals surface area (Å²) in [5.74, 6) is 0.165. The van der Waals surface area contributed by atoms with E-state index in [1.165, 1.54) is 16.6 Å². The molecule has 1 aliphatic heterocycles. The smallest absolute Gasteiger partial charge is 0.234 e. The highest BCUT2D eigenvalue weighted by Crippen LogP contribution is 2.19. The molecule has 0 atom stereocenters. The number of carbonyl (C=O) groups excluding carboxylic acids is 2. The molecule has 0 aliphatic carbocycles. The summed E-state index contributed by atoms with van der Waals surface area (Å²) < 4.78 is 2.20. The van der Waals surface area contributed by atoms with Crippen molar-refractivity contribution < 1.29 is 9.59 Å². The van der Waals surface area contributed by atoms with Crippen molar-refractivity contribution in [2.45, 2.75) is 26.3 Å². The fourth-order valence-corrected chi connectivity index (χ4v) is 3.36. The molecule has 0 bridgehead atoms. The number of para-hydroxylation sites is 1. The van der Waals surface area contributed by atoms with Crippen LogP contribution in [0.5, 0.6) is 0 Å². The molecule has 1 fully saturated rings. The number of carbonyl (C=O) groups is 2. The van der Waals surface area contributed by atoms with Crippen molar-refractivity contribution in [3.63, 3.8) is 0 Å². The largest absolute Gasteiger partial charge is 0.356 e. The van der Waals surface area contributed by atoms with Gasteiger partial charge in [0.25, 0.3) is 0 Å². The molecule has 2 N–H and O–H groups in total. The van der Waals surface area contributed by atoms with Crippen LogP contribution in [-0.2, 0) is 16.1 Å². The van der Waals surface area contributed by atoms with E-state index < -0.39 is 0 Å². The van der Waals surface area contributed by atoms with Gasteiger partial charge in [0, 0.05) is 50.4 Å². The molecule has 1 aliphatic rings. The Bertz CT molecular complexity index is 753. The highest BCUT2D eigenvalue weighted by molar-refractivity contribution is 5.82. The Kier molecular flexibility index (Phi) is 5.71. The maximum Gasteiger partial charge on any atom is 0.234 e. The average molecular weight is 342 g/mol. The Morgan fingerprint density at radius 2 is 2.12 bits per heavy atom. The van der Waals surface area contributed by atoms with Crippen molar-refractivity contribution in [2.75, 3.05) is 32.7 Å². The van der Waals surface area contributed by atoms with Crippen LogP contribution in [-0.4, -0.2) is 54.0 Å². The van der Waals surface area contributed by atoms with Gasteiger partial charge < -0.3 is 15.2 Å². The first kappa shape index (κ1) is 17.5. The van der Waals surface area contributed by atoms with E-state index in [1.54, 1.807) is 0 Å². The van der Waals surface area contributed by atoms with Crippen LogP contribution in [0.15, 0.2) is 30.3 Å². The highest BCUT2D eigenvalue weighted by atomic mass is 16.2. The molecule has 1 aromatic carbocycles. The summed E-state index contributed by atoms with van der Waals surface area (Å²) in [6.45, 7) is 6.34. The lowest BCUT2D eigenvalue weighted by atomic mass is 10.2. The summed E-state index contributed by atoms with van der Waals surface area (Å²) in [5.41, 5.74) is 2.36. The predicted molar refractivity (Wildman–Crippen MR) is 98.4 cm³/mol. The van der Waals surface area contributed by atoms with Crippen molar-refractivity contribution in [1.82, 2.24) is 20.1 Å². The standard InChI is InChI=1S/C19H26N4O2/c1-15-13-16-5-2-3-6-17(16)23(15)11-7-18(24)20-8-4-10-22-12-9-21-19(25)14-22/h2-3,5-6,13H,4,7-12,14H2,1H3,(H,20,24)(H,21,25). The molecule has 25 heavy (non-hydrogen) atoms. The van der Waals surface area contributed by atoms with Gasteiger partial charge in [-0.3, -0.25) is 14.5 Å². The number of amides is 2. The van der Waals surface area contributed by atoms with Gasteiger partial charge in [0.2, 0.25) is 11.8 Å². The summed E-state index contributed by atoms with van der Waals surface area (Å²) in [4.78, 5) is 25.5. The zero-order chi connectivity index (χ0) is 17.6. The van der Waals surface area contributed by atoms with Crippen LogP contribution in [0.1, 0.15) is 18.5 Å². The van der Waals surface area contributed by atoms with E-state index in [0.717, 1.165) is 26.1 Å². The molecule has 1 saturated heterocycles. The summed E-state index contributed by atoms with van der Waals surface area (Å²) in [7, 11) is 0. The minimum absolute atomic E-state index is 0.0774.